The maximum atomic E-state index is 13.1. The third-order valence-electron chi connectivity index (χ3n) is 6.21. The summed E-state index contributed by atoms with van der Waals surface area (Å²) in [6.07, 6.45) is 10.6. The van der Waals surface area contributed by atoms with Crippen molar-refractivity contribution in [3.63, 3.8) is 0 Å². The largest absolute Gasteiger partial charge is 0.375 e. The first-order valence-electron chi connectivity index (χ1n) is 11.6. The summed E-state index contributed by atoms with van der Waals surface area (Å²) in [5, 5.41) is 5.79. The fourth-order valence-electron chi connectivity index (χ4n) is 4.69. The second kappa shape index (κ2) is 9.98. The minimum Gasteiger partial charge on any atom is -0.375 e. The molecule has 2 fully saturated rings. The molecule has 0 spiro atoms. The molecule has 3 rings (SSSR count). The highest BCUT2D eigenvalue weighted by atomic mass is 16.5. The zero-order valence-electron chi connectivity index (χ0n) is 19.3. The number of aromatic nitrogens is 1. The molecule has 0 bridgehead atoms. The molecule has 1 atom stereocenters. The summed E-state index contributed by atoms with van der Waals surface area (Å²) >= 11 is 0. The van der Waals surface area contributed by atoms with Crippen LogP contribution in [0, 0.1) is 5.92 Å². The first kappa shape index (κ1) is 23.5. The highest BCUT2D eigenvalue weighted by Crippen LogP contribution is 2.26. The van der Waals surface area contributed by atoms with E-state index in [2.05, 4.69) is 10.6 Å². The van der Waals surface area contributed by atoms with Crippen molar-refractivity contribution >= 4 is 11.8 Å². The van der Waals surface area contributed by atoms with Crippen molar-refractivity contribution in [2.45, 2.75) is 96.9 Å². The van der Waals surface area contributed by atoms with Crippen LogP contribution >= 0.6 is 0 Å². The number of pyridine rings is 1. The van der Waals surface area contributed by atoms with Crippen molar-refractivity contribution in [2.75, 3.05) is 6.61 Å². The Balaban J connectivity index is 1.87. The SMILES string of the molecule is CC(C)NC(=O)c1cn(CC2CCCCC2)cc(C(=O)N[C@@H]2CCOC(C)(C)C2)c1=O. The van der Waals surface area contributed by atoms with Gasteiger partial charge in [0.25, 0.3) is 11.8 Å². The first-order valence-corrected chi connectivity index (χ1v) is 11.6. The Kier molecular flexibility index (Phi) is 7.57. The van der Waals surface area contributed by atoms with Crippen LogP contribution in [-0.4, -0.2) is 40.7 Å². The molecular formula is C24H37N3O4. The Labute approximate surface area is 184 Å². The Morgan fingerprint density at radius 2 is 1.74 bits per heavy atom. The molecule has 2 N–H and O–H groups in total. The molecule has 0 radical (unpaired) electrons. The third kappa shape index (κ3) is 6.42. The Morgan fingerprint density at radius 3 is 2.35 bits per heavy atom. The van der Waals surface area contributed by atoms with Gasteiger partial charge >= 0.3 is 0 Å². The number of carbonyl (C=O) groups excluding carboxylic acids is 2. The van der Waals surface area contributed by atoms with Gasteiger partial charge in [-0.1, -0.05) is 19.3 Å². The van der Waals surface area contributed by atoms with E-state index < -0.39 is 17.2 Å². The van der Waals surface area contributed by atoms with Gasteiger partial charge in [0, 0.05) is 37.6 Å². The van der Waals surface area contributed by atoms with E-state index in [9.17, 15) is 14.4 Å². The minimum absolute atomic E-state index is 0.0319. The Hall–Kier alpha value is -2.15. The van der Waals surface area contributed by atoms with E-state index in [-0.39, 0.29) is 28.8 Å². The summed E-state index contributed by atoms with van der Waals surface area (Å²) < 4.78 is 7.60. The Bertz CT molecular complexity index is 853. The number of ether oxygens (including phenoxy) is 1. The number of nitrogens with zero attached hydrogens (tertiary/aromatic N) is 1. The lowest BCUT2D eigenvalue weighted by Gasteiger charge is -2.35. The summed E-state index contributed by atoms with van der Waals surface area (Å²) in [5.41, 5.74) is -0.751. The third-order valence-corrected chi connectivity index (χ3v) is 6.21. The van der Waals surface area contributed by atoms with Crippen LogP contribution in [0.4, 0.5) is 0 Å². The first-order chi connectivity index (χ1) is 14.6. The molecule has 172 valence electrons. The second-order valence-electron chi connectivity index (χ2n) is 10.0. The normalized spacial score (nSPS) is 21.6. The molecule has 1 aromatic rings. The van der Waals surface area contributed by atoms with Gasteiger partial charge in [-0.2, -0.15) is 0 Å². The smallest absolute Gasteiger partial charge is 0.256 e. The maximum Gasteiger partial charge on any atom is 0.256 e. The zero-order valence-corrected chi connectivity index (χ0v) is 19.3. The minimum atomic E-state index is -0.512. The van der Waals surface area contributed by atoms with E-state index >= 15 is 0 Å². The lowest BCUT2D eigenvalue weighted by atomic mass is 9.89. The molecule has 2 amide bonds. The van der Waals surface area contributed by atoms with Crippen molar-refractivity contribution in [1.29, 1.82) is 0 Å². The van der Waals surface area contributed by atoms with Gasteiger partial charge in [-0.05, 0) is 59.3 Å². The highest BCUT2D eigenvalue weighted by Gasteiger charge is 2.31. The second-order valence-corrected chi connectivity index (χ2v) is 10.0. The van der Waals surface area contributed by atoms with Crippen molar-refractivity contribution in [2.24, 2.45) is 5.92 Å². The number of amides is 2. The molecule has 7 nitrogen and oxygen atoms in total. The monoisotopic (exact) mass is 431 g/mol. The molecular weight excluding hydrogens is 394 g/mol. The molecule has 2 heterocycles. The predicted molar refractivity (Wildman–Crippen MR) is 120 cm³/mol. The van der Waals surface area contributed by atoms with Crippen LogP contribution in [0.5, 0.6) is 0 Å². The van der Waals surface area contributed by atoms with Crippen molar-refractivity contribution in [3.05, 3.63) is 33.7 Å². The van der Waals surface area contributed by atoms with Crippen LogP contribution < -0.4 is 16.1 Å². The average molecular weight is 432 g/mol. The molecule has 2 aliphatic rings. The van der Waals surface area contributed by atoms with Crippen LogP contribution in [-0.2, 0) is 11.3 Å². The molecule has 0 aromatic carbocycles. The number of nitrogens with one attached hydrogen (secondary N) is 2. The average Bonchev–Trinajstić information content (AvgIpc) is 2.68. The van der Waals surface area contributed by atoms with Gasteiger partial charge in [0.15, 0.2) is 0 Å². The molecule has 1 aromatic heterocycles. The Morgan fingerprint density at radius 1 is 1.10 bits per heavy atom. The maximum absolute atomic E-state index is 13.1. The van der Waals surface area contributed by atoms with Gasteiger partial charge in [-0.3, -0.25) is 14.4 Å². The number of rotatable bonds is 6. The van der Waals surface area contributed by atoms with E-state index in [4.69, 9.17) is 4.74 Å². The van der Waals surface area contributed by atoms with Gasteiger partial charge < -0.3 is 19.9 Å². The van der Waals surface area contributed by atoms with Crippen molar-refractivity contribution < 1.29 is 14.3 Å². The molecule has 1 aliphatic heterocycles. The van der Waals surface area contributed by atoms with E-state index in [1.165, 1.54) is 19.3 Å². The number of carbonyl (C=O) groups is 2. The molecule has 1 aliphatic carbocycles. The molecule has 7 heteroatoms. The topological polar surface area (TPSA) is 89.4 Å². The summed E-state index contributed by atoms with van der Waals surface area (Å²) in [5.74, 6) is -0.340. The van der Waals surface area contributed by atoms with E-state index in [1.807, 2.05) is 32.3 Å². The molecule has 1 saturated carbocycles. The molecule has 0 unspecified atom stereocenters. The van der Waals surface area contributed by atoms with E-state index in [1.54, 1.807) is 12.4 Å². The van der Waals surface area contributed by atoms with Gasteiger partial charge in [0.2, 0.25) is 5.43 Å². The van der Waals surface area contributed by atoms with Gasteiger partial charge in [-0.25, -0.2) is 0 Å². The molecule has 1 saturated heterocycles. The fraction of sp³-hybridized carbons (Fsp3) is 0.708. The van der Waals surface area contributed by atoms with Gasteiger partial charge in [0.1, 0.15) is 11.1 Å². The van der Waals surface area contributed by atoms with Crippen molar-refractivity contribution in [3.8, 4) is 0 Å². The number of hydrogen-bond donors (Lipinski definition) is 2. The summed E-state index contributed by atoms with van der Waals surface area (Å²) in [6, 6.07) is -0.156. The van der Waals surface area contributed by atoms with Gasteiger partial charge in [-0.15, -0.1) is 0 Å². The summed E-state index contributed by atoms with van der Waals surface area (Å²) in [4.78, 5) is 38.9. The highest BCUT2D eigenvalue weighted by molar-refractivity contribution is 5.99. The van der Waals surface area contributed by atoms with E-state index in [0.717, 1.165) is 12.8 Å². The van der Waals surface area contributed by atoms with Crippen molar-refractivity contribution in [1.82, 2.24) is 15.2 Å². The zero-order chi connectivity index (χ0) is 22.6. The quantitative estimate of drug-likeness (QED) is 0.724. The standard InChI is InChI=1S/C24H37N3O4/c1-16(2)25-22(29)19-14-27(13-17-8-6-5-7-9-17)15-20(21(19)28)23(30)26-18-10-11-31-24(3,4)12-18/h14-18H,5-13H2,1-4H3,(H,25,29)(H,26,30)/t18-/m1/s1. The lowest BCUT2D eigenvalue weighted by molar-refractivity contribution is -0.0615. The summed E-state index contributed by atoms with van der Waals surface area (Å²) in [7, 11) is 0. The van der Waals surface area contributed by atoms with Crippen LogP contribution in [0.1, 0.15) is 93.4 Å². The van der Waals surface area contributed by atoms with E-state index in [0.29, 0.717) is 31.9 Å². The number of hydrogen-bond acceptors (Lipinski definition) is 4. The van der Waals surface area contributed by atoms with Gasteiger partial charge in [0.05, 0.1) is 5.60 Å². The molecule has 31 heavy (non-hydrogen) atoms. The summed E-state index contributed by atoms with van der Waals surface area (Å²) in [6.45, 7) is 8.98. The fourth-order valence-corrected chi connectivity index (χ4v) is 4.69. The lowest BCUT2D eigenvalue weighted by Crippen LogP contribution is -2.47. The van der Waals surface area contributed by atoms with Crippen LogP contribution in [0.25, 0.3) is 0 Å². The van der Waals surface area contributed by atoms with Crippen LogP contribution in [0.2, 0.25) is 0 Å². The predicted octanol–water partition coefficient (Wildman–Crippen LogP) is 3.25. The van der Waals surface area contributed by atoms with Crippen LogP contribution in [0.15, 0.2) is 17.2 Å². The van der Waals surface area contributed by atoms with Crippen LogP contribution in [0.3, 0.4) is 0 Å².